The molecule has 1 aromatic carbocycles. The second-order valence-corrected chi connectivity index (χ2v) is 8.33. The quantitative estimate of drug-likeness (QED) is 0.814. The summed E-state index contributed by atoms with van der Waals surface area (Å²) in [6.45, 7) is 3.71. The molecule has 5 rings (SSSR count). The van der Waals surface area contributed by atoms with Gasteiger partial charge in [0.1, 0.15) is 5.56 Å². The first-order chi connectivity index (χ1) is 14.5. The zero-order valence-corrected chi connectivity index (χ0v) is 16.8. The number of nitrogens with zero attached hydrogens (tertiary/aromatic N) is 2. The van der Waals surface area contributed by atoms with Gasteiger partial charge in [0.15, 0.2) is 11.5 Å². The number of benzene rings is 1. The fourth-order valence-electron chi connectivity index (χ4n) is 4.57. The van der Waals surface area contributed by atoms with Crippen LogP contribution >= 0.6 is 0 Å². The number of hydrogen-bond donors (Lipinski definition) is 1. The number of aryl methyl sites for hydroxylation is 1. The molecule has 3 aliphatic rings. The van der Waals surface area contributed by atoms with E-state index < -0.39 is 0 Å². The highest BCUT2D eigenvalue weighted by atomic mass is 16.7. The van der Waals surface area contributed by atoms with Gasteiger partial charge in [0.2, 0.25) is 12.7 Å². The lowest BCUT2D eigenvalue weighted by molar-refractivity contribution is -0.119. The second-order valence-electron chi connectivity index (χ2n) is 8.33. The van der Waals surface area contributed by atoms with Gasteiger partial charge < -0.3 is 19.7 Å². The van der Waals surface area contributed by atoms with Crippen LogP contribution in [0.1, 0.15) is 35.2 Å². The monoisotopic (exact) mass is 409 g/mol. The fraction of sp³-hybridized carbons (Fsp3) is 0.409. The van der Waals surface area contributed by atoms with E-state index in [9.17, 15) is 14.4 Å². The largest absolute Gasteiger partial charge is 0.454 e. The number of carbonyl (C=O) groups excluding carboxylic acids is 2. The molecular weight excluding hydrogens is 386 g/mol. The van der Waals surface area contributed by atoms with Crippen molar-refractivity contribution >= 4 is 11.8 Å². The molecule has 156 valence electrons. The summed E-state index contributed by atoms with van der Waals surface area (Å²) < 4.78 is 12.2. The lowest BCUT2D eigenvalue weighted by atomic mass is 9.77. The summed E-state index contributed by atoms with van der Waals surface area (Å²) in [5.74, 6) is 1.05. The van der Waals surface area contributed by atoms with Gasteiger partial charge in [0, 0.05) is 38.3 Å². The highest BCUT2D eigenvalue weighted by Gasteiger charge is 2.42. The van der Waals surface area contributed by atoms with Crippen molar-refractivity contribution < 1.29 is 19.1 Å². The molecular formula is C22H23N3O5. The number of aromatic nitrogens is 1. The van der Waals surface area contributed by atoms with Crippen LogP contribution in [0.5, 0.6) is 11.5 Å². The molecule has 1 N–H and O–H groups in total. The van der Waals surface area contributed by atoms with Gasteiger partial charge in [0.25, 0.3) is 11.5 Å². The zero-order chi connectivity index (χ0) is 20.9. The molecule has 2 fully saturated rings. The van der Waals surface area contributed by atoms with Gasteiger partial charge in [-0.15, -0.1) is 0 Å². The van der Waals surface area contributed by atoms with Crippen LogP contribution in [0.2, 0.25) is 0 Å². The number of amides is 2. The van der Waals surface area contributed by atoms with Crippen LogP contribution in [-0.2, 0) is 4.79 Å². The minimum absolute atomic E-state index is 0.0493. The molecule has 1 spiro atoms. The number of hydrogen-bond acceptors (Lipinski definition) is 5. The molecule has 0 unspecified atom stereocenters. The van der Waals surface area contributed by atoms with Crippen molar-refractivity contribution in [2.75, 3.05) is 26.4 Å². The molecule has 30 heavy (non-hydrogen) atoms. The first-order valence-corrected chi connectivity index (χ1v) is 10.1. The van der Waals surface area contributed by atoms with E-state index in [0.29, 0.717) is 48.8 Å². The molecule has 8 nitrogen and oxygen atoms in total. The van der Waals surface area contributed by atoms with Crippen molar-refractivity contribution in [2.45, 2.75) is 26.2 Å². The van der Waals surface area contributed by atoms with E-state index in [-0.39, 0.29) is 35.1 Å². The van der Waals surface area contributed by atoms with E-state index >= 15 is 0 Å². The number of rotatable bonds is 2. The Morgan fingerprint density at radius 2 is 1.87 bits per heavy atom. The maximum absolute atomic E-state index is 13.3. The Morgan fingerprint density at radius 3 is 2.60 bits per heavy atom. The van der Waals surface area contributed by atoms with Crippen LogP contribution in [0.3, 0.4) is 0 Å². The van der Waals surface area contributed by atoms with Crippen LogP contribution in [-0.4, -0.2) is 47.7 Å². The van der Waals surface area contributed by atoms with Crippen LogP contribution in [0, 0.1) is 12.3 Å². The predicted molar refractivity (Wildman–Crippen MR) is 108 cm³/mol. The molecule has 0 saturated carbocycles. The van der Waals surface area contributed by atoms with Crippen LogP contribution in [0.4, 0.5) is 0 Å². The lowest BCUT2D eigenvalue weighted by Crippen LogP contribution is -2.45. The third kappa shape index (κ3) is 3.03. The van der Waals surface area contributed by atoms with Crippen molar-refractivity contribution in [1.82, 2.24) is 14.8 Å². The molecule has 0 atom stereocenters. The van der Waals surface area contributed by atoms with Gasteiger partial charge in [-0.05, 0) is 48.9 Å². The summed E-state index contributed by atoms with van der Waals surface area (Å²) in [5.41, 5.74) is 1.06. The van der Waals surface area contributed by atoms with Crippen molar-refractivity contribution in [3.05, 3.63) is 51.9 Å². The topological polar surface area (TPSA) is 89.9 Å². The average molecular weight is 409 g/mol. The Balaban J connectivity index is 1.42. The molecule has 0 bridgehead atoms. The zero-order valence-electron chi connectivity index (χ0n) is 16.8. The van der Waals surface area contributed by atoms with Gasteiger partial charge in [0.05, 0.1) is 5.69 Å². The number of likely N-dealkylation sites (tertiary alicyclic amines) is 1. The highest BCUT2D eigenvalue weighted by molar-refractivity contribution is 5.95. The number of fused-ring (bicyclic) bond motifs is 1. The van der Waals surface area contributed by atoms with E-state index in [2.05, 4.69) is 5.32 Å². The van der Waals surface area contributed by atoms with E-state index in [1.807, 2.05) is 0 Å². The smallest absolute Gasteiger partial charge is 0.268 e. The van der Waals surface area contributed by atoms with Gasteiger partial charge in [-0.3, -0.25) is 19.0 Å². The molecule has 0 aliphatic carbocycles. The minimum atomic E-state index is -0.350. The van der Waals surface area contributed by atoms with Crippen molar-refractivity contribution in [3.63, 3.8) is 0 Å². The Bertz CT molecular complexity index is 1100. The number of carbonyl (C=O) groups is 2. The minimum Gasteiger partial charge on any atom is -0.454 e. The molecule has 4 heterocycles. The molecule has 8 heteroatoms. The van der Waals surface area contributed by atoms with Crippen molar-refractivity contribution in [3.8, 4) is 17.2 Å². The van der Waals surface area contributed by atoms with E-state index in [1.54, 1.807) is 42.3 Å². The Morgan fingerprint density at radius 1 is 1.10 bits per heavy atom. The number of piperidine rings is 1. The number of nitrogens with one attached hydrogen (secondary N) is 1. The third-order valence-corrected chi connectivity index (χ3v) is 6.46. The van der Waals surface area contributed by atoms with Gasteiger partial charge in [-0.2, -0.15) is 0 Å². The Kier molecular flexibility index (Phi) is 4.30. The summed E-state index contributed by atoms with van der Waals surface area (Å²) in [6, 6.07) is 7.05. The van der Waals surface area contributed by atoms with Crippen LogP contribution < -0.4 is 20.3 Å². The molecule has 2 aromatic rings. The van der Waals surface area contributed by atoms with Gasteiger partial charge in [-0.1, -0.05) is 0 Å². The van der Waals surface area contributed by atoms with Crippen molar-refractivity contribution in [1.29, 1.82) is 0 Å². The SMILES string of the molecule is Cc1ccn(-c2ccc3c(c2)OCO3)c(=O)c1C(=O)N1CCC2(CC1)CNC(=O)C2. The van der Waals surface area contributed by atoms with E-state index in [0.717, 1.165) is 12.8 Å². The molecule has 0 radical (unpaired) electrons. The molecule has 2 amide bonds. The average Bonchev–Trinajstić information content (AvgIpc) is 3.34. The van der Waals surface area contributed by atoms with Gasteiger partial charge >= 0.3 is 0 Å². The highest BCUT2D eigenvalue weighted by Crippen LogP contribution is 2.38. The fourth-order valence-corrected chi connectivity index (χ4v) is 4.57. The molecule has 2 saturated heterocycles. The predicted octanol–water partition coefficient (Wildman–Crippen LogP) is 1.62. The summed E-state index contributed by atoms with van der Waals surface area (Å²) in [5, 5.41) is 2.90. The lowest BCUT2D eigenvalue weighted by Gasteiger charge is -2.38. The number of pyridine rings is 1. The molecule has 1 aromatic heterocycles. The van der Waals surface area contributed by atoms with Crippen LogP contribution in [0.15, 0.2) is 35.3 Å². The first kappa shape index (κ1) is 18.7. The number of ether oxygens (including phenoxy) is 2. The molecule has 3 aliphatic heterocycles. The Labute approximate surface area is 173 Å². The summed E-state index contributed by atoms with van der Waals surface area (Å²) in [7, 11) is 0. The summed E-state index contributed by atoms with van der Waals surface area (Å²) in [4.78, 5) is 39.9. The van der Waals surface area contributed by atoms with Crippen LogP contribution in [0.25, 0.3) is 5.69 Å². The maximum atomic E-state index is 13.3. The first-order valence-electron chi connectivity index (χ1n) is 10.1. The standard InChI is InChI=1S/C22H23N3O5/c1-14-4-7-25(15-2-3-16-17(10-15)30-13-29-16)21(28)19(14)20(27)24-8-5-22(6-9-24)11-18(26)23-12-22/h2-4,7,10H,5-6,8-9,11-13H2,1H3,(H,23,26). The Hall–Kier alpha value is -3.29. The summed E-state index contributed by atoms with van der Waals surface area (Å²) >= 11 is 0. The van der Waals surface area contributed by atoms with E-state index in [1.165, 1.54) is 4.57 Å². The summed E-state index contributed by atoms with van der Waals surface area (Å²) in [6.07, 6.45) is 3.72. The third-order valence-electron chi connectivity index (χ3n) is 6.46. The van der Waals surface area contributed by atoms with Crippen molar-refractivity contribution in [2.24, 2.45) is 5.41 Å². The van der Waals surface area contributed by atoms with E-state index in [4.69, 9.17) is 9.47 Å². The maximum Gasteiger partial charge on any atom is 0.268 e. The normalized spacial score (nSPS) is 19.2. The van der Waals surface area contributed by atoms with Gasteiger partial charge in [-0.25, -0.2) is 0 Å². The second kappa shape index (κ2) is 6.90.